The van der Waals surface area contributed by atoms with Gasteiger partial charge in [-0.05, 0) is 64.6 Å². The van der Waals surface area contributed by atoms with Crippen LogP contribution < -0.4 is 10.1 Å². The molecule has 1 saturated carbocycles. The zero-order valence-corrected chi connectivity index (χ0v) is 23.3. The van der Waals surface area contributed by atoms with Gasteiger partial charge in [0.25, 0.3) is 0 Å². The molecule has 1 amide bonds. The molecule has 1 aliphatic heterocycles. The highest BCUT2D eigenvalue weighted by atomic mass is 79.9. The van der Waals surface area contributed by atoms with Crippen LogP contribution in [-0.2, 0) is 16.2 Å². The van der Waals surface area contributed by atoms with Crippen molar-refractivity contribution in [1.29, 1.82) is 0 Å². The number of nitrogens with one attached hydrogen (secondary N) is 1. The lowest BCUT2D eigenvalue weighted by Crippen LogP contribution is -2.56. The minimum Gasteiger partial charge on any atom is -0.495 e. The molecule has 7 nitrogen and oxygen atoms in total. The Bertz CT molecular complexity index is 914. The predicted octanol–water partition coefficient (Wildman–Crippen LogP) is 3.89. The maximum absolute atomic E-state index is 14.8. The fourth-order valence-corrected chi connectivity index (χ4v) is 6.34. The van der Waals surface area contributed by atoms with E-state index < -0.39 is 30.0 Å². The third kappa shape index (κ3) is 5.39. The topological polar surface area (TPSA) is 91.3 Å². The number of aliphatic hydroxyl groups excluding tert-OH is 2. The SMILES string of the molecule is COc1c(Br)ccc(F)c1CN1O[C@@H](CO)[C@@H]([C@H](C)O)[C@H]1C(=O)N[C@H]1C[C@@H](C)C(C)(C)[C@@H](C)[C@@H]1C. The molecule has 3 rings (SSSR count). The number of carbonyl (C=O) groups excluding carboxylic acids is 1. The highest BCUT2D eigenvalue weighted by Gasteiger charge is 2.51. The minimum absolute atomic E-state index is 0.0395. The molecule has 35 heavy (non-hydrogen) atoms. The lowest BCUT2D eigenvalue weighted by atomic mass is 9.58. The van der Waals surface area contributed by atoms with Gasteiger partial charge >= 0.3 is 0 Å². The first-order chi connectivity index (χ1) is 16.3. The van der Waals surface area contributed by atoms with Crippen molar-refractivity contribution in [2.24, 2.45) is 29.1 Å². The number of methoxy groups -OCH3 is 1. The molecule has 9 heteroatoms. The number of aliphatic hydroxyl groups is 2. The van der Waals surface area contributed by atoms with E-state index in [1.165, 1.54) is 18.2 Å². The number of ether oxygens (including phenoxy) is 1. The summed E-state index contributed by atoms with van der Waals surface area (Å²) >= 11 is 3.38. The minimum atomic E-state index is -0.928. The second kappa shape index (κ2) is 11.0. The molecule has 0 bridgehead atoms. The van der Waals surface area contributed by atoms with Crippen molar-refractivity contribution in [3.05, 3.63) is 28.0 Å². The van der Waals surface area contributed by atoms with Crippen LogP contribution in [0.2, 0.25) is 0 Å². The number of benzene rings is 1. The van der Waals surface area contributed by atoms with Crippen LogP contribution in [0.25, 0.3) is 0 Å². The molecule has 2 fully saturated rings. The zero-order valence-electron chi connectivity index (χ0n) is 21.7. The fourth-order valence-electron chi connectivity index (χ4n) is 5.81. The van der Waals surface area contributed by atoms with Crippen molar-refractivity contribution >= 4 is 21.8 Å². The Morgan fingerprint density at radius 1 is 1.37 bits per heavy atom. The van der Waals surface area contributed by atoms with E-state index in [1.54, 1.807) is 13.0 Å². The summed E-state index contributed by atoms with van der Waals surface area (Å²) in [4.78, 5) is 19.7. The smallest absolute Gasteiger partial charge is 0.240 e. The second-order valence-corrected chi connectivity index (χ2v) is 11.8. The molecular formula is C26H40BrFN2O5. The van der Waals surface area contributed by atoms with Crippen LogP contribution in [0.15, 0.2) is 16.6 Å². The molecule has 198 valence electrons. The molecule has 1 aromatic carbocycles. The van der Waals surface area contributed by atoms with Crippen molar-refractivity contribution < 1.29 is 29.0 Å². The Labute approximate surface area is 216 Å². The van der Waals surface area contributed by atoms with Crippen LogP contribution in [0.4, 0.5) is 4.39 Å². The summed E-state index contributed by atoms with van der Waals surface area (Å²) in [5.74, 6) is -0.122. The summed E-state index contributed by atoms with van der Waals surface area (Å²) in [5.41, 5.74) is 0.375. The number of hydrogen-bond acceptors (Lipinski definition) is 6. The number of nitrogens with zero attached hydrogens (tertiary/aromatic N) is 1. The van der Waals surface area contributed by atoms with Crippen LogP contribution in [-0.4, -0.2) is 59.2 Å². The van der Waals surface area contributed by atoms with Gasteiger partial charge in [0, 0.05) is 17.5 Å². The second-order valence-electron chi connectivity index (χ2n) is 10.9. The Kier molecular flexibility index (Phi) is 8.90. The Balaban J connectivity index is 1.92. The van der Waals surface area contributed by atoms with E-state index in [2.05, 4.69) is 55.9 Å². The normalized spacial score (nSPS) is 34.0. The average molecular weight is 560 g/mol. The molecule has 1 aromatic rings. The van der Waals surface area contributed by atoms with Crippen LogP contribution in [0, 0.1) is 34.9 Å². The van der Waals surface area contributed by atoms with Gasteiger partial charge in [-0.25, -0.2) is 4.39 Å². The standard InChI is InChI=1S/C26H40BrFN2O5/c1-13-10-20(14(2)15(3)26(13,5)6)29-25(33)23-22(16(4)32)21(12-31)35-30(23)11-17-19(28)9-8-18(27)24(17)34-7/h8-9,13-16,20-23,31-32H,10-12H2,1-7H3,(H,29,33)/t13-,14+,15+,16+,20+,21+,22-,23+/m1/s1. The largest absolute Gasteiger partial charge is 0.495 e. The lowest BCUT2D eigenvalue weighted by Gasteiger charge is -2.50. The molecule has 0 radical (unpaired) electrons. The van der Waals surface area contributed by atoms with Gasteiger partial charge < -0.3 is 20.3 Å². The molecule has 8 atom stereocenters. The zero-order chi connectivity index (χ0) is 26.2. The number of carbonyl (C=O) groups is 1. The van der Waals surface area contributed by atoms with Crippen molar-refractivity contribution in [2.45, 2.75) is 78.8 Å². The van der Waals surface area contributed by atoms with Gasteiger partial charge in [-0.2, -0.15) is 5.06 Å². The van der Waals surface area contributed by atoms with E-state index in [1.807, 2.05) is 0 Å². The van der Waals surface area contributed by atoms with Crippen molar-refractivity contribution in [3.8, 4) is 5.75 Å². The van der Waals surface area contributed by atoms with E-state index in [0.29, 0.717) is 22.1 Å². The molecule has 1 saturated heterocycles. The highest BCUT2D eigenvalue weighted by Crippen LogP contribution is 2.47. The molecular weight excluding hydrogens is 519 g/mol. The van der Waals surface area contributed by atoms with E-state index in [0.717, 1.165) is 6.42 Å². The van der Waals surface area contributed by atoms with Crippen LogP contribution in [0.5, 0.6) is 5.75 Å². The summed E-state index contributed by atoms with van der Waals surface area (Å²) in [5, 5.41) is 25.1. The number of amides is 1. The molecule has 1 aliphatic carbocycles. The maximum atomic E-state index is 14.8. The Hall–Kier alpha value is -1.26. The first kappa shape index (κ1) is 28.3. The van der Waals surface area contributed by atoms with E-state index in [9.17, 15) is 19.4 Å². The number of hydrogen-bond donors (Lipinski definition) is 3. The molecule has 0 aromatic heterocycles. The van der Waals surface area contributed by atoms with Crippen molar-refractivity contribution in [2.75, 3.05) is 13.7 Å². The van der Waals surface area contributed by atoms with Crippen LogP contribution >= 0.6 is 15.9 Å². The number of hydroxylamine groups is 2. The van der Waals surface area contributed by atoms with Gasteiger partial charge in [0.1, 0.15) is 23.7 Å². The van der Waals surface area contributed by atoms with E-state index in [-0.39, 0.29) is 42.0 Å². The van der Waals surface area contributed by atoms with Crippen molar-refractivity contribution in [1.82, 2.24) is 10.4 Å². The fraction of sp³-hybridized carbons (Fsp3) is 0.731. The van der Waals surface area contributed by atoms with Crippen LogP contribution in [0.3, 0.4) is 0 Å². The van der Waals surface area contributed by atoms with Gasteiger partial charge in [0.2, 0.25) is 5.91 Å². The average Bonchev–Trinajstić information content (AvgIpc) is 3.17. The Morgan fingerprint density at radius 3 is 2.60 bits per heavy atom. The Morgan fingerprint density at radius 2 is 2.03 bits per heavy atom. The van der Waals surface area contributed by atoms with Crippen molar-refractivity contribution in [3.63, 3.8) is 0 Å². The monoisotopic (exact) mass is 558 g/mol. The highest BCUT2D eigenvalue weighted by molar-refractivity contribution is 9.10. The summed E-state index contributed by atoms with van der Waals surface area (Å²) in [6.45, 7) is 12.3. The van der Waals surface area contributed by atoms with E-state index >= 15 is 0 Å². The summed E-state index contributed by atoms with van der Waals surface area (Å²) in [6, 6.07) is 1.91. The molecule has 0 unspecified atom stereocenters. The van der Waals surface area contributed by atoms with Gasteiger partial charge in [-0.3, -0.25) is 9.63 Å². The third-order valence-corrected chi connectivity index (χ3v) is 9.48. The molecule has 1 heterocycles. The lowest BCUT2D eigenvalue weighted by molar-refractivity contribution is -0.182. The quantitative estimate of drug-likeness (QED) is 0.470. The van der Waals surface area contributed by atoms with Gasteiger partial charge in [-0.15, -0.1) is 0 Å². The first-order valence-electron chi connectivity index (χ1n) is 12.4. The van der Waals surface area contributed by atoms with E-state index in [4.69, 9.17) is 9.57 Å². The molecule has 3 N–H and O–H groups in total. The number of halogens is 2. The first-order valence-corrected chi connectivity index (χ1v) is 13.2. The van der Waals surface area contributed by atoms with Gasteiger partial charge in [0.15, 0.2) is 0 Å². The summed E-state index contributed by atoms with van der Waals surface area (Å²) < 4.78 is 20.8. The predicted molar refractivity (Wildman–Crippen MR) is 135 cm³/mol. The molecule has 2 aliphatic rings. The summed E-state index contributed by atoms with van der Waals surface area (Å²) in [6.07, 6.45) is -0.885. The van der Waals surface area contributed by atoms with Gasteiger partial charge in [0.05, 0.1) is 30.8 Å². The number of rotatable bonds is 7. The maximum Gasteiger partial charge on any atom is 0.240 e. The van der Waals surface area contributed by atoms with Gasteiger partial charge in [-0.1, -0.05) is 34.6 Å². The third-order valence-electron chi connectivity index (χ3n) is 8.86. The summed E-state index contributed by atoms with van der Waals surface area (Å²) in [7, 11) is 1.45. The molecule has 0 spiro atoms. The van der Waals surface area contributed by atoms with Crippen LogP contribution in [0.1, 0.15) is 53.5 Å².